The Balaban J connectivity index is 1.31. The van der Waals surface area contributed by atoms with Crippen molar-refractivity contribution in [1.29, 1.82) is 0 Å². The van der Waals surface area contributed by atoms with Crippen molar-refractivity contribution in [3.05, 3.63) is 59.2 Å². The van der Waals surface area contributed by atoms with Crippen molar-refractivity contribution < 1.29 is 24.5 Å². The zero-order valence-corrected chi connectivity index (χ0v) is 18.0. The first-order chi connectivity index (χ1) is 14.8. The molecule has 0 aromatic heterocycles. The first-order valence-electron chi connectivity index (χ1n) is 11.0. The normalized spacial score (nSPS) is 29.2. The Morgan fingerprint density at radius 3 is 2.71 bits per heavy atom. The summed E-state index contributed by atoms with van der Waals surface area (Å²) in [5.74, 6) is 0.495. The Morgan fingerprint density at radius 1 is 1.19 bits per heavy atom. The highest BCUT2D eigenvalue weighted by Crippen LogP contribution is 2.54. The molecule has 2 fully saturated rings. The summed E-state index contributed by atoms with van der Waals surface area (Å²) in [5.41, 5.74) is 1.99. The molecule has 4 atom stereocenters. The van der Waals surface area contributed by atoms with Gasteiger partial charge < -0.3 is 19.7 Å². The summed E-state index contributed by atoms with van der Waals surface area (Å²) in [5, 5.41) is 19.4. The first kappa shape index (κ1) is 20.3. The number of fused-ring (bicyclic) bond motifs is 4. The van der Waals surface area contributed by atoms with Crippen LogP contribution in [0.25, 0.3) is 0 Å². The maximum Gasteiger partial charge on any atom is 0.335 e. The van der Waals surface area contributed by atoms with Crippen molar-refractivity contribution in [1.82, 2.24) is 4.90 Å². The number of para-hydroxylation sites is 1. The minimum Gasteiger partial charge on any atom is -0.504 e. The van der Waals surface area contributed by atoms with E-state index in [9.17, 15) is 9.90 Å². The third-order valence-corrected chi connectivity index (χ3v) is 7.19. The van der Waals surface area contributed by atoms with Gasteiger partial charge >= 0.3 is 5.97 Å². The molecule has 3 aliphatic heterocycles. The third kappa shape index (κ3) is 3.68. The highest BCUT2D eigenvalue weighted by molar-refractivity contribution is 5.87. The molecule has 3 heterocycles. The highest BCUT2D eigenvalue weighted by Gasteiger charge is 2.51. The number of carbonyl (C=O) groups is 1. The van der Waals surface area contributed by atoms with Crippen LogP contribution in [0.15, 0.2) is 42.5 Å². The molecular formula is C25H29NO5. The molecule has 2 aromatic rings. The number of phenolic OH excluding ortho intramolecular Hbond substituents is 1. The molecule has 5 rings (SSSR count). The van der Waals surface area contributed by atoms with Crippen molar-refractivity contribution in [2.45, 2.75) is 51.0 Å². The molecular weight excluding hydrogens is 394 g/mol. The average Bonchev–Trinajstić information content (AvgIpc) is 2.74. The molecule has 31 heavy (non-hydrogen) atoms. The fourth-order valence-electron chi connectivity index (χ4n) is 5.53. The lowest BCUT2D eigenvalue weighted by Gasteiger charge is -2.53. The molecule has 2 saturated heterocycles. The van der Waals surface area contributed by atoms with Gasteiger partial charge in [0.2, 0.25) is 0 Å². The lowest BCUT2D eigenvalue weighted by molar-refractivity contribution is -0.188. The van der Waals surface area contributed by atoms with E-state index in [0.717, 1.165) is 43.6 Å². The largest absolute Gasteiger partial charge is 0.504 e. The van der Waals surface area contributed by atoms with Gasteiger partial charge in [-0.15, -0.1) is 0 Å². The van der Waals surface area contributed by atoms with Crippen molar-refractivity contribution >= 4 is 5.97 Å². The molecule has 0 unspecified atom stereocenters. The quantitative estimate of drug-likeness (QED) is 0.769. The smallest absolute Gasteiger partial charge is 0.335 e. The second-order valence-electron chi connectivity index (χ2n) is 9.62. The van der Waals surface area contributed by atoms with Crippen molar-refractivity contribution in [2.24, 2.45) is 11.8 Å². The molecule has 0 radical (unpaired) electrons. The number of rotatable bonds is 3. The van der Waals surface area contributed by atoms with Crippen LogP contribution in [0.2, 0.25) is 0 Å². The summed E-state index contributed by atoms with van der Waals surface area (Å²) < 4.78 is 12.9. The van der Waals surface area contributed by atoms with Crippen LogP contribution in [0.5, 0.6) is 11.5 Å². The van der Waals surface area contributed by atoms with Crippen LogP contribution in [0.4, 0.5) is 0 Å². The summed E-state index contributed by atoms with van der Waals surface area (Å²) in [7, 11) is 0. The van der Waals surface area contributed by atoms with E-state index in [-0.39, 0.29) is 23.9 Å². The van der Waals surface area contributed by atoms with Crippen LogP contribution < -0.4 is 4.74 Å². The molecule has 0 bridgehead atoms. The van der Waals surface area contributed by atoms with Crippen molar-refractivity contribution in [3.8, 4) is 11.5 Å². The fraction of sp³-hybridized carbons (Fsp3) is 0.480. The van der Waals surface area contributed by atoms with Crippen molar-refractivity contribution in [3.63, 3.8) is 0 Å². The summed E-state index contributed by atoms with van der Waals surface area (Å²) in [6.07, 6.45) is 2.14. The maximum atomic E-state index is 11.1. The Labute approximate surface area is 182 Å². The van der Waals surface area contributed by atoms with Gasteiger partial charge in [-0.25, -0.2) is 4.79 Å². The number of ether oxygens (including phenoxy) is 2. The van der Waals surface area contributed by atoms with Gasteiger partial charge in [0, 0.05) is 31.1 Å². The second kappa shape index (κ2) is 7.53. The van der Waals surface area contributed by atoms with E-state index < -0.39 is 11.6 Å². The number of aromatic hydroxyl groups is 1. The number of piperidine rings is 1. The van der Waals surface area contributed by atoms with Gasteiger partial charge in [0.05, 0.1) is 17.8 Å². The molecule has 0 amide bonds. The number of hydrogen-bond acceptors (Lipinski definition) is 5. The van der Waals surface area contributed by atoms with Gasteiger partial charge in [0.1, 0.15) is 5.60 Å². The molecule has 0 spiro atoms. The topological polar surface area (TPSA) is 79.2 Å². The maximum absolute atomic E-state index is 11.1. The van der Waals surface area contributed by atoms with Crippen LogP contribution in [0.3, 0.4) is 0 Å². The van der Waals surface area contributed by atoms with E-state index >= 15 is 0 Å². The number of carboxylic acids is 1. The van der Waals surface area contributed by atoms with Crippen LogP contribution >= 0.6 is 0 Å². The predicted molar refractivity (Wildman–Crippen MR) is 115 cm³/mol. The van der Waals surface area contributed by atoms with E-state index in [1.54, 1.807) is 18.2 Å². The summed E-state index contributed by atoms with van der Waals surface area (Å²) in [4.78, 5) is 13.5. The van der Waals surface area contributed by atoms with Gasteiger partial charge in [-0.1, -0.05) is 24.3 Å². The Morgan fingerprint density at radius 2 is 1.97 bits per heavy atom. The molecule has 2 aromatic carbocycles. The zero-order chi connectivity index (χ0) is 21.8. The molecule has 0 saturated carbocycles. The SMILES string of the molecule is CC1(C)Oc2c(O)cccc2[C@@H]2O[C@@H]3CCN(Cc4ccc(C(=O)O)cc4)C[C@@H]3C[C@H]21. The van der Waals surface area contributed by atoms with Crippen LogP contribution in [0, 0.1) is 11.8 Å². The minimum absolute atomic E-state index is 0.0535. The molecule has 2 N–H and O–H groups in total. The van der Waals surface area contributed by atoms with Gasteiger partial charge in [0.25, 0.3) is 0 Å². The summed E-state index contributed by atoms with van der Waals surface area (Å²) in [6.45, 7) is 6.90. The minimum atomic E-state index is -0.895. The molecule has 6 heteroatoms. The molecule has 3 aliphatic rings. The van der Waals surface area contributed by atoms with Gasteiger partial charge in [-0.3, -0.25) is 4.90 Å². The summed E-state index contributed by atoms with van der Waals surface area (Å²) in [6, 6.07) is 12.7. The van der Waals surface area contributed by atoms with E-state index in [1.165, 1.54) is 0 Å². The van der Waals surface area contributed by atoms with Crippen molar-refractivity contribution in [2.75, 3.05) is 13.1 Å². The number of nitrogens with zero attached hydrogens (tertiary/aromatic N) is 1. The van der Waals surface area contributed by atoms with Gasteiger partial charge in [-0.05, 0) is 56.4 Å². The number of phenols is 1. The first-order valence-corrected chi connectivity index (χ1v) is 11.0. The fourth-order valence-corrected chi connectivity index (χ4v) is 5.53. The molecule has 6 nitrogen and oxygen atoms in total. The third-order valence-electron chi connectivity index (χ3n) is 7.19. The monoisotopic (exact) mass is 423 g/mol. The molecule has 0 aliphatic carbocycles. The van der Waals surface area contributed by atoms with E-state index in [1.807, 2.05) is 24.3 Å². The number of carboxylic acid groups (broad SMARTS) is 1. The van der Waals surface area contributed by atoms with Gasteiger partial charge in [-0.2, -0.15) is 0 Å². The van der Waals surface area contributed by atoms with E-state index in [0.29, 0.717) is 17.2 Å². The Hall–Kier alpha value is -2.57. The number of hydrogen-bond donors (Lipinski definition) is 2. The lowest BCUT2D eigenvalue weighted by Crippen LogP contribution is -2.55. The Kier molecular flexibility index (Phi) is 4.94. The second-order valence-corrected chi connectivity index (χ2v) is 9.62. The van der Waals surface area contributed by atoms with Crippen LogP contribution in [-0.2, 0) is 11.3 Å². The van der Waals surface area contributed by atoms with Crippen LogP contribution in [0.1, 0.15) is 54.3 Å². The van der Waals surface area contributed by atoms with Gasteiger partial charge in [0.15, 0.2) is 11.5 Å². The standard InChI is InChI=1S/C25H29NO5/c1-25(2)19-12-17-14-26(13-15-6-8-16(9-7-15)24(28)29)11-10-21(17)30-22(19)18-4-3-5-20(27)23(18)31-25/h3-9,17,19,21-22,27H,10-14H2,1-2H3,(H,28,29)/t17-,19+,21+,22-/m0/s1. The zero-order valence-electron chi connectivity index (χ0n) is 18.0. The molecule has 164 valence electrons. The summed E-state index contributed by atoms with van der Waals surface area (Å²) >= 11 is 0. The van der Waals surface area contributed by atoms with Crippen LogP contribution in [-0.4, -0.2) is 45.9 Å². The number of aromatic carboxylic acids is 1. The van der Waals surface area contributed by atoms with E-state index in [2.05, 4.69) is 18.7 Å². The Bertz CT molecular complexity index is 986. The van der Waals surface area contributed by atoms with E-state index in [4.69, 9.17) is 14.6 Å². The number of likely N-dealkylation sites (tertiary alicyclic amines) is 1. The average molecular weight is 424 g/mol. The highest BCUT2D eigenvalue weighted by atomic mass is 16.5. The number of benzene rings is 2. The lowest BCUT2D eigenvalue weighted by atomic mass is 9.70. The predicted octanol–water partition coefficient (Wildman–Crippen LogP) is 4.23.